The highest BCUT2D eigenvalue weighted by Gasteiger charge is 2.32. The molecule has 0 saturated carbocycles. The summed E-state index contributed by atoms with van der Waals surface area (Å²) in [5.41, 5.74) is 3.28. The fourth-order valence-electron chi connectivity index (χ4n) is 4.73. The zero-order valence-electron chi connectivity index (χ0n) is 17.4. The van der Waals surface area contributed by atoms with Crippen LogP contribution >= 0.6 is 0 Å². The summed E-state index contributed by atoms with van der Waals surface area (Å²) in [6, 6.07) is 11.4. The number of ketones is 1. The van der Waals surface area contributed by atoms with Crippen molar-refractivity contribution in [2.45, 2.75) is 26.3 Å². The molecule has 0 aliphatic carbocycles. The van der Waals surface area contributed by atoms with E-state index in [1.165, 1.54) is 6.42 Å². The van der Waals surface area contributed by atoms with Crippen LogP contribution in [0, 0.1) is 5.92 Å². The van der Waals surface area contributed by atoms with Crippen molar-refractivity contribution in [3.8, 4) is 11.5 Å². The number of hydrogen-bond acceptors (Lipinski definition) is 4. The van der Waals surface area contributed by atoms with Gasteiger partial charge >= 0.3 is 0 Å². The number of carbonyl (C=O) groups excluding carboxylic acids is 1. The largest absolute Gasteiger partial charge is 0.507 e. The number of hydrogen-bond donors (Lipinski definition) is 1. The molecule has 5 heteroatoms. The van der Waals surface area contributed by atoms with Crippen LogP contribution in [0.4, 0.5) is 0 Å². The molecule has 30 heavy (non-hydrogen) atoms. The number of aromatic hydroxyl groups is 1. The van der Waals surface area contributed by atoms with Gasteiger partial charge in [0.25, 0.3) is 0 Å². The third-order valence-corrected chi connectivity index (χ3v) is 6.25. The molecule has 1 aromatic heterocycles. The average Bonchev–Trinajstić information content (AvgIpc) is 3.22. The summed E-state index contributed by atoms with van der Waals surface area (Å²) in [4.78, 5) is 15.4. The van der Waals surface area contributed by atoms with Crippen molar-refractivity contribution in [2.24, 2.45) is 13.0 Å². The highest BCUT2D eigenvalue weighted by molar-refractivity contribution is 6.15. The Bertz CT molecular complexity index is 1170. The van der Waals surface area contributed by atoms with Gasteiger partial charge in [-0.05, 0) is 49.6 Å². The minimum atomic E-state index is -0.133. The van der Waals surface area contributed by atoms with Gasteiger partial charge in [-0.15, -0.1) is 0 Å². The molecule has 1 saturated heterocycles. The van der Waals surface area contributed by atoms with E-state index in [2.05, 4.69) is 17.9 Å². The second-order valence-electron chi connectivity index (χ2n) is 8.57. The van der Waals surface area contributed by atoms with Crippen LogP contribution < -0.4 is 4.74 Å². The van der Waals surface area contributed by atoms with Crippen LogP contribution in [-0.4, -0.2) is 33.4 Å². The van der Waals surface area contributed by atoms with Crippen molar-refractivity contribution in [2.75, 3.05) is 13.1 Å². The number of Topliss-reactive ketones (excluding diaryl/α,β-unsaturated/α-hetero) is 1. The molecule has 2 aliphatic heterocycles. The number of carbonyl (C=O) groups is 1. The molecule has 0 spiro atoms. The Hall–Kier alpha value is -3.05. The maximum absolute atomic E-state index is 13.1. The number of ether oxygens (including phenoxy) is 1. The van der Waals surface area contributed by atoms with E-state index in [-0.39, 0.29) is 11.5 Å². The van der Waals surface area contributed by atoms with Gasteiger partial charge in [0.1, 0.15) is 11.5 Å². The van der Waals surface area contributed by atoms with Crippen LogP contribution in [0.5, 0.6) is 11.5 Å². The zero-order chi connectivity index (χ0) is 20.8. The SMILES string of the molecule is C[C@H]1CCCN(Cc2c(O)ccc3c2OC(=Cc2cn(C)c4ccccc24)C3=O)C1. The fraction of sp³-hybridized carbons (Fsp3) is 0.320. The number of fused-ring (bicyclic) bond motifs is 2. The minimum absolute atomic E-state index is 0.133. The molecule has 3 aromatic rings. The van der Waals surface area contributed by atoms with E-state index in [1.54, 1.807) is 12.1 Å². The number of piperidine rings is 1. The van der Waals surface area contributed by atoms with Crippen molar-refractivity contribution in [1.82, 2.24) is 9.47 Å². The van der Waals surface area contributed by atoms with Gasteiger partial charge in [-0.3, -0.25) is 9.69 Å². The molecule has 154 valence electrons. The molecule has 0 amide bonds. The number of nitrogens with zero attached hydrogens (tertiary/aromatic N) is 2. The first-order valence-electron chi connectivity index (χ1n) is 10.6. The molecular formula is C25H26N2O3. The number of aryl methyl sites for hydroxylation is 1. The summed E-state index contributed by atoms with van der Waals surface area (Å²) in [6.45, 7) is 4.84. The van der Waals surface area contributed by atoms with Crippen LogP contribution in [0.15, 0.2) is 48.4 Å². The highest BCUT2D eigenvalue weighted by atomic mass is 16.5. The lowest BCUT2D eigenvalue weighted by Crippen LogP contribution is -2.33. The first-order valence-corrected chi connectivity index (χ1v) is 10.6. The normalized spacial score (nSPS) is 20.7. The minimum Gasteiger partial charge on any atom is -0.507 e. The number of phenolic OH excluding ortho intramolecular Hbond substituents is 1. The summed E-state index contributed by atoms with van der Waals surface area (Å²) < 4.78 is 8.12. The number of benzene rings is 2. The fourth-order valence-corrected chi connectivity index (χ4v) is 4.73. The number of para-hydroxylation sites is 1. The van der Waals surface area contributed by atoms with E-state index in [9.17, 15) is 9.90 Å². The summed E-state index contributed by atoms with van der Waals surface area (Å²) in [7, 11) is 1.99. The lowest BCUT2D eigenvalue weighted by Gasteiger charge is -2.31. The number of allylic oxidation sites excluding steroid dienone is 1. The number of rotatable bonds is 3. The molecule has 0 unspecified atom stereocenters. The molecule has 5 nitrogen and oxygen atoms in total. The quantitative estimate of drug-likeness (QED) is 0.644. The van der Waals surface area contributed by atoms with Crippen molar-refractivity contribution in [3.05, 3.63) is 65.0 Å². The van der Waals surface area contributed by atoms with Crippen LogP contribution in [0.25, 0.3) is 17.0 Å². The van der Waals surface area contributed by atoms with Gasteiger partial charge in [0.2, 0.25) is 5.78 Å². The molecule has 2 aliphatic rings. The van der Waals surface area contributed by atoms with Gasteiger partial charge in [-0.25, -0.2) is 0 Å². The molecule has 0 radical (unpaired) electrons. The third-order valence-electron chi connectivity index (χ3n) is 6.25. The summed E-state index contributed by atoms with van der Waals surface area (Å²) in [5, 5.41) is 11.6. The van der Waals surface area contributed by atoms with Crippen LogP contribution in [-0.2, 0) is 13.6 Å². The number of likely N-dealkylation sites (tertiary alicyclic amines) is 1. The van der Waals surface area contributed by atoms with Crippen molar-refractivity contribution in [3.63, 3.8) is 0 Å². The van der Waals surface area contributed by atoms with Gasteiger partial charge in [-0.2, -0.15) is 0 Å². The van der Waals surface area contributed by atoms with E-state index in [1.807, 2.05) is 42.1 Å². The first kappa shape index (κ1) is 18.9. The molecule has 1 fully saturated rings. The van der Waals surface area contributed by atoms with Gasteiger partial charge in [0.05, 0.1) is 11.1 Å². The maximum Gasteiger partial charge on any atom is 0.231 e. The van der Waals surface area contributed by atoms with Crippen LogP contribution in [0.2, 0.25) is 0 Å². The molecule has 1 N–H and O–H groups in total. The van der Waals surface area contributed by atoms with Crippen LogP contribution in [0.3, 0.4) is 0 Å². The Balaban J connectivity index is 1.50. The Morgan fingerprint density at radius 2 is 2.07 bits per heavy atom. The zero-order valence-corrected chi connectivity index (χ0v) is 17.4. The van der Waals surface area contributed by atoms with Gasteiger partial charge in [0.15, 0.2) is 5.76 Å². The van der Waals surface area contributed by atoms with Crippen LogP contribution in [0.1, 0.15) is 41.3 Å². The second kappa shape index (κ2) is 7.33. The van der Waals surface area contributed by atoms with Crippen molar-refractivity contribution >= 4 is 22.8 Å². The second-order valence-corrected chi connectivity index (χ2v) is 8.57. The lowest BCUT2D eigenvalue weighted by atomic mass is 9.99. The van der Waals surface area contributed by atoms with E-state index < -0.39 is 0 Å². The first-order chi connectivity index (χ1) is 14.5. The maximum atomic E-state index is 13.1. The number of aromatic nitrogens is 1. The summed E-state index contributed by atoms with van der Waals surface area (Å²) in [6.07, 6.45) is 6.21. The molecule has 5 rings (SSSR count). The molecule has 2 aromatic carbocycles. The molecule has 3 heterocycles. The molecular weight excluding hydrogens is 376 g/mol. The Kier molecular flexibility index (Phi) is 4.63. The van der Waals surface area contributed by atoms with E-state index in [0.29, 0.717) is 35.1 Å². The van der Waals surface area contributed by atoms with Gasteiger partial charge in [-0.1, -0.05) is 25.1 Å². The van der Waals surface area contributed by atoms with Crippen molar-refractivity contribution in [1.29, 1.82) is 0 Å². The smallest absolute Gasteiger partial charge is 0.231 e. The van der Waals surface area contributed by atoms with Gasteiger partial charge < -0.3 is 14.4 Å². The Morgan fingerprint density at radius 3 is 2.90 bits per heavy atom. The lowest BCUT2D eigenvalue weighted by molar-refractivity contribution is 0.101. The predicted octanol–water partition coefficient (Wildman–Crippen LogP) is 4.73. The van der Waals surface area contributed by atoms with Gasteiger partial charge in [0, 0.05) is 42.8 Å². The topological polar surface area (TPSA) is 54.7 Å². The number of phenols is 1. The predicted molar refractivity (Wildman–Crippen MR) is 118 cm³/mol. The van der Waals surface area contributed by atoms with Crippen molar-refractivity contribution < 1.29 is 14.6 Å². The molecule has 1 atom stereocenters. The monoisotopic (exact) mass is 402 g/mol. The standard InChI is InChI=1S/C25H26N2O3/c1-16-6-5-11-27(13-16)15-20-22(28)10-9-19-24(29)23(30-25(19)20)12-17-14-26(2)21-8-4-3-7-18(17)21/h3-4,7-10,12,14,16,28H,5-6,11,13,15H2,1-2H3/t16-/m0/s1. The van der Waals surface area contributed by atoms with E-state index >= 15 is 0 Å². The summed E-state index contributed by atoms with van der Waals surface area (Å²) in [5.74, 6) is 1.50. The third kappa shape index (κ3) is 3.19. The highest BCUT2D eigenvalue weighted by Crippen LogP contribution is 2.41. The Labute approximate surface area is 176 Å². The van der Waals surface area contributed by atoms with E-state index in [0.717, 1.165) is 36.0 Å². The summed E-state index contributed by atoms with van der Waals surface area (Å²) >= 11 is 0. The average molecular weight is 402 g/mol. The van der Waals surface area contributed by atoms with E-state index in [4.69, 9.17) is 4.74 Å². The molecule has 0 bridgehead atoms. The Morgan fingerprint density at radius 1 is 1.23 bits per heavy atom.